The minimum atomic E-state index is -0.772. The van der Waals surface area contributed by atoms with Crippen LogP contribution in [0.3, 0.4) is 0 Å². The molecule has 0 saturated carbocycles. The molecule has 2 heterocycles. The van der Waals surface area contributed by atoms with Crippen LogP contribution in [0.1, 0.15) is 25.7 Å². The number of para-hydroxylation sites is 1. The molecule has 2 aromatic carbocycles. The van der Waals surface area contributed by atoms with Gasteiger partial charge in [0.05, 0.1) is 24.1 Å². The summed E-state index contributed by atoms with van der Waals surface area (Å²) >= 11 is 0.916. The maximum absolute atomic E-state index is 13.2. The number of carbonyl (C=O) groups is 2. The van der Waals surface area contributed by atoms with Crippen LogP contribution in [0.5, 0.6) is 5.75 Å². The van der Waals surface area contributed by atoms with Crippen molar-refractivity contribution in [2.24, 2.45) is 19.1 Å². The number of hydrogen-bond acceptors (Lipinski definition) is 8. The van der Waals surface area contributed by atoms with E-state index in [4.69, 9.17) is 4.74 Å². The molecular formula is C25H22N4O6S. The Hall–Kier alpha value is -4.51. The van der Waals surface area contributed by atoms with Gasteiger partial charge in [-0.05, 0) is 43.3 Å². The lowest BCUT2D eigenvalue weighted by Crippen LogP contribution is -2.30. The minimum Gasteiger partial charge on any atom is -0.465 e. The van der Waals surface area contributed by atoms with Crippen molar-refractivity contribution in [2.45, 2.75) is 6.92 Å². The van der Waals surface area contributed by atoms with Crippen LogP contribution in [-0.2, 0) is 18.8 Å². The summed E-state index contributed by atoms with van der Waals surface area (Å²) in [5, 5.41) is 0. The molecule has 2 aromatic heterocycles. The molecule has 10 nitrogen and oxygen atoms in total. The Bertz CT molecular complexity index is 1640. The molecule has 0 bridgehead atoms. The molecule has 36 heavy (non-hydrogen) atoms. The maximum atomic E-state index is 13.2. The molecule has 0 aliphatic rings. The standard InChI is InChI=1S/C25H22N4O6S/c1-15-21(22(31)29(28(15)3)17-8-6-5-7-9-17)26-25-27(2)20(30)14-19(36-25)24(33)35-18-12-10-16(11-13-18)23(32)34-4/h5-14H,1-4H3. The fraction of sp³-hybridized carbons (Fsp3) is 0.160. The van der Waals surface area contributed by atoms with Crippen LogP contribution < -0.4 is 20.7 Å². The normalized spacial score (nSPS) is 11.4. The second kappa shape index (κ2) is 10.0. The van der Waals surface area contributed by atoms with Crippen molar-refractivity contribution in [3.05, 3.63) is 102 Å². The molecule has 0 atom stereocenters. The van der Waals surface area contributed by atoms with Crippen molar-refractivity contribution < 1.29 is 19.1 Å². The molecule has 0 aliphatic carbocycles. The number of benzene rings is 2. The summed E-state index contributed by atoms with van der Waals surface area (Å²) in [6.07, 6.45) is 0. The average Bonchev–Trinajstić information content (AvgIpc) is 3.09. The molecule has 0 amide bonds. The predicted molar refractivity (Wildman–Crippen MR) is 133 cm³/mol. The van der Waals surface area contributed by atoms with Crippen LogP contribution >= 0.6 is 11.3 Å². The third-order valence-electron chi connectivity index (χ3n) is 5.49. The monoisotopic (exact) mass is 506 g/mol. The van der Waals surface area contributed by atoms with E-state index < -0.39 is 17.5 Å². The van der Waals surface area contributed by atoms with Crippen molar-refractivity contribution in [1.29, 1.82) is 0 Å². The number of carbonyl (C=O) groups excluding carboxylic acids is 2. The molecule has 0 N–H and O–H groups in total. The van der Waals surface area contributed by atoms with Crippen LogP contribution in [0, 0.1) is 6.92 Å². The highest BCUT2D eigenvalue weighted by Gasteiger charge is 2.17. The van der Waals surface area contributed by atoms with Gasteiger partial charge in [-0.2, -0.15) is 0 Å². The number of esters is 2. The van der Waals surface area contributed by atoms with E-state index >= 15 is 0 Å². The van der Waals surface area contributed by atoms with E-state index in [0.717, 1.165) is 17.4 Å². The first-order chi connectivity index (χ1) is 17.2. The molecule has 0 aliphatic heterocycles. The fourth-order valence-corrected chi connectivity index (χ4v) is 4.26. The first-order valence-corrected chi connectivity index (χ1v) is 11.5. The zero-order valence-corrected chi connectivity index (χ0v) is 20.7. The summed E-state index contributed by atoms with van der Waals surface area (Å²) in [6, 6.07) is 16.1. The summed E-state index contributed by atoms with van der Waals surface area (Å²) in [5.41, 5.74) is 0.854. The van der Waals surface area contributed by atoms with E-state index in [-0.39, 0.29) is 26.7 Å². The molecule has 184 valence electrons. The van der Waals surface area contributed by atoms with Crippen LogP contribution in [-0.4, -0.2) is 33.0 Å². The Balaban J connectivity index is 1.73. The van der Waals surface area contributed by atoms with E-state index in [1.54, 1.807) is 30.8 Å². The Morgan fingerprint density at radius 3 is 2.25 bits per heavy atom. The van der Waals surface area contributed by atoms with Crippen LogP contribution in [0.15, 0.2) is 75.2 Å². The summed E-state index contributed by atoms with van der Waals surface area (Å²) < 4.78 is 14.4. The second-order valence-corrected chi connectivity index (χ2v) is 8.73. The van der Waals surface area contributed by atoms with Crippen LogP contribution in [0.4, 0.5) is 5.69 Å². The minimum absolute atomic E-state index is 0.00543. The van der Waals surface area contributed by atoms with Gasteiger partial charge >= 0.3 is 11.9 Å². The van der Waals surface area contributed by atoms with Gasteiger partial charge in [0.2, 0.25) is 0 Å². The molecule has 4 aromatic rings. The van der Waals surface area contributed by atoms with E-state index in [2.05, 4.69) is 9.73 Å². The number of aromatic nitrogens is 3. The third kappa shape index (κ3) is 4.68. The molecule has 4 rings (SSSR count). The van der Waals surface area contributed by atoms with Gasteiger partial charge in [-0.1, -0.05) is 29.5 Å². The lowest BCUT2D eigenvalue weighted by atomic mass is 10.2. The zero-order chi connectivity index (χ0) is 26.0. The number of methoxy groups -OCH3 is 1. The maximum Gasteiger partial charge on any atom is 0.354 e. The van der Waals surface area contributed by atoms with Gasteiger partial charge in [-0.3, -0.25) is 18.8 Å². The van der Waals surface area contributed by atoms with Gasteiger partial charge < -0.3 is 9.47 Å². The van der Waals surface area contributed by atoms with Gasteiger partial charge in [0, 0.05) is 20.2 Å². The molecule has 0 fully saturated rings. The second-order valence-electron chi connectivity index (χ2n) is 7.72. The van der Waals surface area contributed by atoms with Crippen molar-refractivity contribution in [3.8, 4) is 11.4 Å². The number of ether oxygens (including phenoxy) is 2. The van der Waals surface area contributed by atoms with Crippen molar-refractivity contribution in [2.75, 3.05) is 7.11 Å². The summed E-state index contributed by atoms with van der Waals surface area (Å²) in [5.74, 6) is -1.11. The summed E-state index contributed by atoms with van der Waals surface area (Å²) in [6.45, 7) is 1.75. The summed E-state index contributed by atoms with van der Waals surface area (Å²) in [7, 11) is 4.51. The number of nitrogens with zero attached hydrogens (tertiary/aromatic N) is 4. The van der Waals surface area contributed by atoms with Crippen LogP contribution in [0.2, 0.25) is 0 Å². The van der Waals surface area contributed by atoms with Crippen molar-refractivity contribution in [1.82, 2.24) is 13.9 Å². The van der Waals surface area contributed by atoms with Crippen LogP contribution in [0.25, 0.3) is 5.69 Å². The van der Waals surface area contributed by atoms with E-state index in [9.17, 15) is 19.2 Å². The largest absolute Gasteiger partial charge is 0.465 e. The SMILES string of the molecule is COC(=O)c1ccc(OC(=O)c2cc(=O)n(C)c(=Nc3c(C)n(C)n(-c4ccccc4)c3=O)s2)cc1. The quantitative estimate of drug-likeness (QED) is 0.304. The van der Waals surface area contributed by atoms with Gasteiger partial charge in [0.25, 0.3) is 11.1 Å². The first-order valence-electron chi connectivity index (χ1n) is 10.7. The Morgan fingerprint density at radius 1 is 0.944 bits per heavy atom. The molecule has 0 radical (unpaired) electrons. The smallest absolute Gasteiger partial charge is 0.354 e. The van der Waals surface area contributed by atoms with Gasteiger partial charge in [0.1, 0.15) is 10.6 Å². The van der Waals surface area contributed by atoms with E-state index in [1.807, 2.05) is 18.2 Å². The number of hydrogen-bond donors (Lipinski definition) is 0. The first kappa shape index (κ1) is 24.6. The van der Waals surface area contributed by atoms with Gasteiger partial charge in [-0.15, -0.1) is 0 Å². The zero-order valence-electron chi connectivity index (χ0n) is 19.9. The van der Waals surface area contributed by atoms with E-state index in [0.29, 0.717) is 16.9 Å². The van der Waals surface area contributed by atoms with Crippen molar-refractivity contribution >= 4 is 29.0 Å². The van der Waals surface area contributed by atoms with Crippen molar-refractivity contribution in [3.63, 3.8) is 0 Å². The highest BCUT2D eigenvalue weighted by Crippen LogP contribution is 2.18. The van der Waals surface area contributed by atoms with E-state index in [1.165, 1.54) is 47.7 Å². The average molecular weight is 507 g/mol. The Morgan fingerprint density at radius 2 is 1.61 bits per heavy atom. The van der Waals surface area contributed by atoms with Gasteiger partial charge in [-0.25, -0.2) is 19.3 Å². The topological polar surface area (TPSA) is 114 Å². The molecule has 0 spiro atoms. The number of rotatable bonds is 5. The lowest BCUT2D eigenvalue weighted by Gasteiger charge is -2.07. The molecular weight excluding hydrogens is 484 g/mol. The highest BCUT2D eigenvalue weighted by atomic mass is 32.1. The predicted octanol–water partition coefficient (Wildman–Crippen LogP) is 2.48. The third-order valence-corrected chi connectivity index (χ3v) is 6.54. The van der Waals surface area contributed by atoms with Gasteiger partial charge in [0.15, 0.2) is 10.5 Å². The molecule has 0 saturated heterocycles. The molecule has 0 unspecified atom stereocenters. The molecule has 11 heteroatoms. The lowest BCUT2D eigenvalue weighted by molar-refractivity contribution is 0.0600. The summed E-state index contributed by atoms with van der Waals surface area (Å²) in [4.78, 5) is 54.8. The Kier molecular flexibility index (Phi) is 6.84. The highest BCUT2D eigenvalue weighted by molar-refractivity contribution is 7.11. The Labute approximate surface area is 208 Å². The fourth-order valence-electron chi connectivity index (χ4n) is 3.41.